The van der Waals surface area contributed by atoms with Gasteiger partial charge in [0.25, 0.3) is 0 Å². The highest BCUT2D eigenvalue weighted by Crippen LogP contribution is 2.29. The van der Waals surface area contributed by atoms with Gasteiger partial charge in [-0.1, -0.05) is 0 Å². The van der Waals surface area contributed by atoms with Crippen LogP contribution in [0.25, 0.3) is 0 Å². The van der Waals surface area contributed by atoms with Crippen molar-refractivity contribution in [3.05, 3.63) is 28.8 Å². The van der Waals surface area contributed by atoms with E-state index in [0.29, 0.717) is 11.3 Å². The van der Waals surface area contributed by atoms with Crippen LogP contribution >= 0.6 is 0 Å². The minimum absolute atomic E-state index is 0.217. The number of anilines is 1. The summed E-state index contributed by atoms with van der Waals surface area (Å²) in [7, 11) is 1.33. The molecular formula is C15H19NO4. The molecule has 1 aliphatic carbocycles. The summed E-state index contributed by atoms with van der Waals surface area (Å²) in [5.74, 6) is -0.459. The molecule has 1 amide bonds. The van der Waals surface area contributed by atoms with Gasteiger partial charge in [-0.15, -0.1) is 0 Å². The first-order valence-electron chi connectivity index (χ1n) is 6.73. The third-order valence-corrected chi connectivity index (χ3v) is 3.22. The van der Waals surface area contributed by atoms with E-state index in [1.54, 1.807) is 19.9 Å². The van der Waals surface area contributed by atoms with Gasteiger partial charge in [0.05, 0.1) is 24.5 Å². The van der Waals surface area contributed by atoms with E-state index < -0.39 is 12.1 Å². The third-order valence-electron chi connectivity index (χ3n) is 3.22. The number of ether oxygens (including phenoxy) is 2. The lowest BCUT2D eigenvalue weighted by Crippen LogP contribution is -2.20. The van der Waals surface area contributed by atoms with Crippen LogP contribution < -0.4 is 5.32 Å². The predicted molar refractivity (Wildman–Crippen MR) is 75.0 cm³/mol. The van der Waals surface area contributed by atoms with E-state index in [1.807, 2.05) is 6.07 Å². The Hall–Kier alpha value is -2.04. The molecule has 0 saturated carbocycles. The number of carbonyl (C=O) groups is 2. The Morgan fingerprint density at radius 2 is 1.85 bits per heavy atom. The summed E-state index contributed by atoms with van der Waals surface area (Å²) in [5, 5.41) is 2.62. The second-order valence-electron chi connectivity index (χ2n) is 5.09. The summed E-state index contributed by atoms with van der Waals surface area (Å²) in [5.41, 5.74) is 3.13. The molecule has 0 atom stereocenters. The molecule has 0 unspecified atom stereocenters. The first-order chi connectivity index (χ1) is 9.51. The molecule has 1 aliphatic rings. The molecule has 0 spiro atoms. The van der Waals surface area contributed by atoms with Crippen LogP contribution in [0.4, 0.5) is 10.5 Å². The number of hydrogen-bond acceptors (Lipinski definition) is 4. The number of aryl methyl sites for hydroxylation is 2. The molecule has 5 nitrogen and oxygen atoms in total. The van der Waals surface area contributed by atoms with Gasteiger partial charge in [-0.2, -0.15) is 0 Å². The molecule has 0 bridgehead atoms. The maximum Gasteiger partial charge on any atom is 0.411 e. The van der Waals surface area contributed by atoms with E-state index in [0.717, 1.165) is 30.4 Å². The highest BCUT2D eigenvalue weighted by atomic mass is 16.6. The van der Waals surface area contributed by atoms with E-state index in [-0.39, 0.29) is 6.10 Å². The molecule has 5 heteroatoms. The largest absolute Gasteiger partial charge is 0.465 e. The number of esters is 1. The summed E-state index contributed by atoms with van der Waals surface area (Å²) >= 11 is 0. The maximum atomic E-state index is 11.8. The normalized spacial score (nSPS) is 13.0. The highest BCUT2D eigenvalue weighted by molar-refractivity contribution is 6.00. The van der Waals surface area contributed by atoms with Crippen molar-refractivity contribution in [2.45, 2.75) is 39.2 Å². The lowest BCUT2D eigenvalue weighted by Gasteiger charge is -2.14. The molecule has 108 valence electrons. The molecule has 0 aromatic heterocycles. The number of carbonyl (C=O) groups excluding carboxylic acids is 2. The van der Waals surface area contributed by atoms with Crippen LogP contribution in [0.1, 0.15) is 41.8 Å². The lowest BCUT2D eigenvalue weighted by atomic mass is 10.0. The molecule has 1 aromatic carbocycles. The zero-order valence-electron chi connectivity index (χ0n) is 12.0. The average Bonchev–Trinajstić information content (AvgIpc) is 2.82. The van der Waals surface area contributed by atoms with Crippen LogP contribution in [0.3, 0.4) is 0 Å². The van der Waals surface area contributed by atoms with Gasteiger partial charge in [-0.25, -0.2) is 9.59 Å². The first-order valence-corrected chi connectivity index (χ1v) is 6.73. The second-order valence-corrected chi connectivity index (χ2v) is 5.09. The number of rotatable bonds is 3. The van der Waals surface area contributed by atoms with Crippen molar-refractivity contribution in [2.24, 2.45) is 0 Å². The van der Waals surface area contributed by atoms with E-state index >= 15 is 0 Å². The number of benzene rings is 1. The minimum Gasteiger partial charge on any atom is -0.465 e. The molecule has 0 radical (unpaired) electrons. The Kier molecular flexibility index (Phi) is 4.27. The Morgan fingerprint density at radius 1 is 1.20 bits per heavy atom. The van der Waals surface area contributed by atoms with E-state index in [9.17, 15) is 9.59 Å². The maximum absolute atomic E-state index is 11.8. The van der Waals surface area contributed by atoms with Crippen molar-refractivity contribution in [3.8, 4) is 0 Å². The van der Waals surface area contributed by atoms with Crippen LogP contribution in [0.15, 0.2) is 12.1 Å². The van der Waals surface area contributed by atoms with Gasteiger partial charge in [-0.3, -0.25) is 5.32 Å². The van der Waals surface area contributed by atoms with E-state index in [4.69, 9.17) is 9.47 Å². The zero-order chi connectivity index (χ0) is 14.7. The Bertz CT molecular complexity index is 537. The molecule has 1 N–H and O–H groups in total. The number of fused-ring (bicyclic) bond motifs is 1. The smallest absolute Gasteiger partial charge is 0.411 e. The van der Waals surface area contributed by atoms with Crippen LogP contribution in [0.2, 0.25) is 0 Å². The van der Waals surface area contributed by atoms with Gasteiger partial charge in [0.1, 0.15) is 0 Å². The summed E-state index contributed by atoms with van der Waals surface area (Å²) < 4.78 is 9.81. The quantitative estimate of drug-likeness (QED) is 0.863. The van der Waals surface area contributed by atoms with Gasteiger partial charge in [0.15, 0.2) is 0 Å². The van der Waals surface area contributed by atoms with Crippen LogP contribution in [0, 0.1) is 0 Å². The van der Waals surface area contributed by atoms with Gasteiger partial charge in [0.2, 0.25) is 0 Å². The molecule has 2 rings (SSSR count). The average molecular weight is 277 g/mol. The fourth-order valence-corrected chi connectivity index (χ4v) is 2.36. The summed E-state index contributed by atoms with van der Waals surface area (Å²) in [6.45, 7) is 3.53. The predicted octanol–water partition coefficient (Wildman–Crippen LogP) is 2.92. The molecule has 0 fully saturated rings. The summed E-state index contributed by atoms with van der Waals surface area (Å²) in [4.78, 5) is 23.5. The minimum atomic E-state index is -0.567. The van der Waals surface area contributed by atoms with E-state index in [2.05, 4.69) is 5.32 Å². The third kappa shape index (κ3) is 3.10. The van der Waals surface area contributed by atoms with Gasteiger partial charge >= 0.3 is 12.1 Å². The van der Waals surface area contributed by atoms with Crippen molar-refractivity contribution >= 4 is 17.7 Å². The van der Waals surface area contributed by atoms with Gasteiger partial charge in [0, 0.05) is 0 Å². The molecular weight excluding hydrogens is 258 g/mol. The molecule has 0 heterocycles. The lowest BCUT2D eigenvalue weighted by molar-refractivity contribution is 0.0602. The Balaban J connectivity index is 2.30. The highest BCUT2D eigenvalue weighted by Gasteiger charge is 2.20. The topological polar surface area (TPSA) is 64.6 Å². The van der Waals surface area contributed by atoms with E-state index in [1.165, 1.54) is 7.11 Å². The molecule has 0 aliphatic heterocycles. The number of hydrogen-bond donors (Lipinski definition) is 1. The monoisotopic (exact) mass is 277 g/mol. The fraction of sp³-hybridized carbons (Fsp3) is 0.467. The summed E-state index contributed by atoms with van der Waals surface area (Å²) in [6.07, 6.45) is 2.20. The van der Waals surface area contributed by atoms with Crippen LogP contribution in [0.5, 0.6) is 0 Å². The van der Waals surface area contributed by atoms with Crippen molar-refractivity contribution in [1.29, 1.82) is 0 Å². The standard InChI is InChI=1S/C15H19NO4/c1-9(2)20-15(18)16-13-8-11-6-4-5-10(11)7-12(13)14(17)19-3/h7-9H,4-6H2,1-3H3,(H,16,18). The molecule has 20 heavy (non-hydrogen) atoms. The molecule has 0 saturated heterocycles. The van der Waals surface area contributed by atoms with Crippen LogP contribution in [-0.2, 0) is 22.3 Å². The fourth-order valence-electron chi connectivity index (χ4n) is 2.36. The Morgan fingerprint density at radius 3 is 2.45 bits per heavy atom. The van der Waals surface area contributed by atoms with Crippen molar-refractivity contribution in [1.82, 2.24) is 0 Å². The second kappa shape index (κ2) is 5.94. The van der Waals surface area contributed by atoms with Crippen molar-refractivity contribution < 1.29 is 19.1 Å². The van der Waals surface area contributed by atoms with Crippen molar-refractivity contribution in [2.75, 3.05) is 12.4 Å². The van der Waals surface area contributed by atoms with Crippen molar-refractivity contribution in [3.63, 3.8) is 0 Å². The Labute approximate surface area is 118 Å². The first kappa shape index (κ1) is 14.4. The van der Waals surface area contributed by atoms with Gasteiger partial charge in [-0.05, 0) is 56.4 Å². The SMILES string of the molecule is COC(=O)c1cc2c(cc1NC(=O)OC(C)C)CCC2. The number of amides is 1. The van der Waals surface area contributed by atoms with Gasteiger partial charge < -0.3 is 9.47 Å². The molecule has 1 aromatic rings. The number of methoxy groups -OCH3 is 1. The van der Waals surface area contributed by atoms with Crippen LogP contribution in [-0.4, -0.2) is 25.3 Å². The number of nitrogens with one attached hydrogen (secondary N) is 1. The zero-order valence-corrected chi connectivity index (χ0v) is 12.0. The summed E-state index contributed by atoms with van der Waals surface area (Å²) in [6, 6.07) is 3.65.